The van der Waals surface area contributed by atoms with Crippen LogP contribution in [0.25, 0.3) is 0 Å². The van der Waals surface area contributed by atoms with Crippen molar-refractivity contribution in [3.8, 4) is 0 Å². The molecule has 0 aromatic heterocycles. The maximum absolute atomic E-state index is 11.7. The highest BCUT2D eigenvalue weighted by atomic mass is 16.5. The van der Waals surface area contributed by atoms with E-state index in [9.17, 15) is 4.79 Å². The molecule has 0 aromatic carbocycles. The third-order valence-electron chi connectivity index (χ3n) is 4.77. The average Bonchev–Trinajstić information content (AvgIpc) is 2.36. The van der Waals surface area contributed by atoms with Gasteiger partial charge in [-0.15, -0.1) is 0 Å². The molecule has 2 aliphatic rings. The molecule has 0 saturated carbocycles. The van der Waals surface area contributed by atoms with Crippen LogP contribution in [-0.2, 0) is 9.53 Å². The van der Waals surface area contributed by atoms with Crippen LogP contribution in [0.5, 0.6) is 0 Å². The maximum Gasteiger partial charge on any atom is 0.221 e. The van der Waals surface area contributed by atoms with E-state index in [2.05, 4.69) is 33.0 Å². The number of carbonyl (C=O) groups is 1. The summed E-state index contributed by atoms with van der Waals surface area (Å²) in [4.78, 5) is 11.7. The highest BCUT2D eigenvalue weighted by Gasteiger charge is 2.56. The van der Waals surface area contributed by atoms with Gasteiger partial charge in [0.05, 0.1) is 5.60 Å². The summed E-state index contributed by atoms with van der Waals surface area (Å²) in [6, 6.07) is 0. The van der Waals surface area contributed by atoms with E-state index in [1.165, 1.54) is 0 Å². The molecule has 3 heteroatoms. The molecule has 92 valence electrons. The van der Waals surface area contributed by atoms with Crippen molar-refractivity contribution in [3.63, 3.8) is 0 Å². The summed E-state index contributed by atoms with van der Waals surface area (Å²) < 4.78 is 5.89. The van der Waals surface area contributed by atoms with E-state index >= 15 is 0 Å². The lowest BCUT2D eigenvalue weighted by atomic mass is 9.63. The second kappa shape index (κ2) is 3.46. The second-order valence-corrected chi connectivity index (χ2v) is 6.21. The van der Waals surface area contributed by atoms with E-state index in [0.717, 1.165) is 25.9 Å². The van der Waals surface area contributed by atoms with Gasteiger partial charge in [-0.3, -0.25) is 4.79 Å². The molecule has 2 fully saturated rings. The minimum absolute atomic E-state index is 0.0538. The van der Waals surface area contributed by atoms with Crippen molar-refractivity contribution in [3.05, 3.63) is 0 Å². The van der Waals surface area contributed by atoms with Gasteiger partial charge in [-0.05, 0) is 40.0 Å². The zero-order chi connectivity index (χ0) is 12.0. The van der Waals surface area contributed by atoms with E-state index in [0.29, 0.717) is 6.42 Å². The number of ether oxygens (including phenoxy) is 1. The van der Waals surface area contributed by atoms with E-state index < -0.39 is 0 Å². The van der Waals surface area contributed by atoms with Crippen molar-refractivity contribution < 1.29 is 9.53 Å². The Bertz CT molecular complexity index is 313. The van der Waals surface area contributed by atoms with Gasteiger partial charge in [0.25, 0.3) is 0 Å². The molecule has 2 saturated heterocycles. The maximum atomic E-state index is 11.7. The molecule has 2 rings (SSSR count). The Labute approximate surface area is 97.9 Å². The van der Waals surface area contributed by atoms with E-state index in [4.69, 9.17) is 4.74 Å². The lowest BCUT2D eigenvalue weighted by Gasteiger charge is -2.49. The van der Waals surface area contributed by atoms with Crippen molar-refractivity contribution >= 4 is 5.91 Å². The fourth-order valence-electron chi connectivity index (χ4n) is 3.31. The minimum atomic E-state index is -0.0930. The number of amides is 1. The highest BCUT2D eigenvalue weighted by Crippen LogP contribution is 2.52. The summed E-state index contributed by atoms with van der Waals surface area (Å²) in [5.41, 5.74) is -0.0563. The van der Waals surface area contributed by atoms with Crippen molar-refractivity contribution in [1.29, 1.82) is 0 Å². The molecule has 2 unspecified atom stereocenters. The molecule has 1 N–H and O–H groups in total. The Kier molecular flexibility index (Phi) is 2.57. The van der Waals surface area contributed by atoms with Crippen molar-refractivity contribution in [1.82, 2.24) is 5.32 Å². The summed E-state index contributed by atoms with van der Waals surface area (Å²) in [6.45, 7) is 9.42. The van der Waals surface area contributed by atoms with Gasteiger partial charge in [0.15, 0.2) is 0 Å². The highest BCUT2D eigenvalue weighted by molar-refractivity contribution is 5.81. The van der Waals surface area contributed by atoms with Crippen LogP contribution in [0, 0.1) is 5.41 Å². The first-order chi connectivity index (χ1) is 7.33. The predicted molar refractivity (Wildman–Crippen MR) is 63.2 cm³/mol. The predicted octanol–water partition coefficient (Wildman–Crippen LogP) is 2.25. The Morgan fingerprint density at radius 1 is 1.38 bits per heavy atom. The molecule has 2 heterocycles. The largest absolute Gasteiger partial charge is 0.375 e. The Morgan fingerprint density at radius 2 is 2.06 bits per heavy atom. The monoisotopic (exact) mass is 225 g/mol. The number of rotatable bonds is 1. The van der Waals surface area contributed by atoms with Gasteiger partial charge >= 0.3 is 0 Å². The van der Waals surface area contributed by atoms with Gasteiger partial charge in [0, 0.05) is 24.0 Å². The number of hydrogen-bond acceptors (Lipinski definition) is 2. The quantitative estimate of drug-likeness (QED) is 0.743. The van der Waals surface area contributed by atoms with Crippen molar-refractivity contribution in [2.24, 2.45) is 5.41 Å². The molecule has 1 amide bonds. The van der Waals surface area contributed by atoms with Crippen LogP contribution < -0.4 is 5.32 Å². The van der Waals surface area contributed by atoms with Gasteiger partial charge in [0.2, 0.25) is 5.91 Å². The summed E-state index contributed by atoms with van der Waals surface area (Å²) in [6.07, 6.45) is 3.66. The van der Waals surface area contributed by atoms with E-state index in [1.54, 1.807) is 0 Å². The van der Waals surface area contributed by atoms with Gasteiger partial charge in [0.1, 0.15) is 0 Å². The van der Waals surface area contributed by atoms with Crippen LogP contribution in [-0.4, -0.2) is 23.7 Å². The van der Waals surface area contributed by atoms with Crippen LogP contribution in [0.15, 0.2) is 0 Å². The first-order valence-electron chi connectivity index (χ1n) is 6.28. The first kappa shape index (κ1) is 11.9. The van der Waals surface area contributed by atoms with Crippen LogP contribution in [0.3, 0.4) is 0 Å². The molecular weight excluding hydrogens is 202 g/mol. The van der Waals surface area contributed by atoms with Crippen LogP contribution in [0.4, 0.5) is 0 Å². The van der Waals surface area contributed by atoms with Gasteiger partial charge in [-0.2, -0.15) is 0 Å². The van der Waals surface area contributed by atoms with Crippen molar-refractivity contribution in [2.75, 3.05) is 6.61 Å². The van der Waals surface area contributed by atoms with Gasteiger partial charge < -0.3 is 10.1 Å². The summed E-state index contributed by atoms with van der Waals surface area (Å²) in [7, 11) is 0. The fraction of sp³-hybridized carbons (Fsp3) is 0.923. The van der Waals surface area contributed by atoms with Crippen LogP contribution in [0.2, 0.25) is 0 Å². The van der Waals surface area contributed by atoms with Crippen molar-refractivity contribution in [2.45, 2.75) is 64.5 Å². The molecule has 0 bridgehead atoms. The topological polar surface area (TPSA) is 38.3 Å². The smallest absolute Gasteiger partial charge is 0.221 e. The van der Waals surface area contributed by atoms with E-state index in [1.807, 2.05) is 0 Å². The van der Waals surface area contributed by atoms with Crippen LogP contribution in [0.1, 0.15) is 53.4 Å². The molecule has 2 aliphatic heterocycles. The third-order valence-corrected chi connectivity index (χ3v) is 4.77. The van der Waals surface area contributed by atoms with E-state index in [-0.39, 0.29) is 22.5 Å². The normalized spacial score (nSPS) is 42.4. The minimum Gasteiger partial charge on any atom is -0.375 e. The summed E-state index contributed by atoms with van der Waals surface area (Å²) in [5.74, 6) is 0.199. The summed E-state index contributed by atoms with van der Waals surface area (Å²) >= 11 is 0. The Morgan fingerprint density at radius 3 is 2.56 bits per heavy atom. The molecule has 16 heavy (non-hydrogen) atoms. The molecule has 1 spiro atoms. The van der Waals surface area contributed by atoms with Gasteiger partial charge in [-0.1, -0.05) is 6.92 Å². The Hall–Kier alpha value is -0.570. The number of hydrogen-bond donors (Lipinski definition) is 1. The molecule has 0 aliphatic carbocycles. The lowest BCUT2D eigenvalue weighted by molar-refractivity contribution is -0.132. The SMILES string of the molecule is CCC1(C)CC2(CCO1)CC(=O)NC2(C)C. The number of carbonyl (C=O) groups excluding carboxylic acids is 1. The zero-order valence-corrected chi connectivity index (χ0v) is 10.9. The average molecular weight is 225 g/mol. The first-order valence-corrected chi connectivity index (χ1v) is 6.28. The lowest BCUT2D eigenvalue weighted by Crippen LogP contribution is -2.54. The molecule has 0 aromatic rings. The second-order valence-electron chi connectivity index (χ2n) is 6.21. The third kappa shape index (κ3) is 1.65. The fourth-order valence-corrected chi connectivity index (χ4v) is 3.31. The molecule has 3 nitrogen and oxygen atoms in total. The Balaban J connectivity index is 2.28. The standard InChI is InChI=1S/C13H23NO2/c1-5-12(4)9-13(6-7-16-12)8-10(15)14-11(13,2)3/h5-9H2,1-4H3,(H,14,15). The zero-order valence-electron chi connectivity index (χ0n) is 10.9. The molecule has 2 atom stereocenters. The summed E-state index contributed by atoms with van der Waals surface area (Å²) in [5, 5.41) is 3.12. The molecule has 0 radical (unpaired) electrons. The van der Waals surface area contributed by atoms with Gasteiger partial charge in [-0.25, -0.2) is 0 Å². The van der Waals surface area contributed by atoms with Crippen LogP contribution >= 0.6 is 0 Å². The molecular formula is C13H23NO2. The number of nitrogens with one attached hydrogen (secondary N) is 1.